The van der Waals surface area contributed by atoms with Crippen molar-refractivity contribution in [2.75, 3.05) is 0 Å². The van der Waals surface area contributed by atoms with Crippen LogP contribution < -0.4 is 5.32 Å². The van der Waals surface area contributed by atoms with Gasteiger partial charge >= 0.3 is 12.1 Å². The van der Waals surface area contributed by atoms with E-state index in [0.717, 1.165) is 25.7 Å². The Hall–Kier alpha value is -1.26. The van der Waals surface area contributed by atoms with E-state index in [4.69, 9.17) is 4.74 Å². The lowest BCUT2D eigenvalue weighted by Crippen LogP contribution is -2.43. The molecule has 0 radical (unpaired) electrons. The van der Waals surface area contributed by atoms with Crippen molar-refractivity contribution in [3.63, 3.8) is 0 Å². The number of alkyl carbamates (subject to hydrolysis) is 1. The fourth-order valence-electron chi connectivity index (χ4n) is 2.61. The van der Waals surface area contributed by atoms with E-state index in [1.165, 1.54) is 0 Å². The van der Waals surface area contributed by atoms with Crippen molar-refractivity contribution in [2.45, 2.75) is 71.9 Å². The molecule has 0 bridgehead atoms. The zero-order valence-corrected chi connectivity index (χ0v) is 13.2. The molecule has 1 fully saturated rings. The molecule has 2 N–H and O–H groups in total. The van der Waals surface area contributed by atoms with Crippen LogP contribution in [-0.4, -0.2) is 28.8 Å². The topological polar surface area (TPSA) is 75.6 Å². The Labute approximate surface area is 121 Å². The van der Waals surface area contributed by atoms with E-state index in [1.54, 1.807) is 13.8 Å². The minimum Gasteiger partial charge on any atom is -0.481 e. The maximum Gasteiger partial charge on any atom is 0.407 e. The normalized spacial score (nSPS) is 24.1. The molecule has 0 aromatic heterocycles. The average molecular weight is 285 g/mol. The summed E-state index contributed by atoms with van der Waals surface area (Å²) in [5.74, 6) is -0.585. The SMILES string of the molecule is CC(C)(C)OC(=O)NC1CCC(C(C)(C)C(=O)O)CC1. The maximum absolute atomic E-state index is 11.7. The number of nitrogens with one attached hydrogen (secondary N) is 1. The van der Waals surface area contributed by atoms with Gasteiger partial charge in [-0.1, -0.05) is 0 Å². The smallest absolute Gasteiger partial charge is 0.407 e. The van der Waals surface area contributed by atoms with Crippen molar-refractivity contribution in [1.29, 1.82) is 0 Å². The highest BCUT2D eigenvalue weighted by molar-refractivity contribution is 5.74. The zero-order chi connectivity index (χ0) is 15.6. The van der Waals surface area contributed by atoms with Gasteiger partial charge in [-0.05, 0) is 66.2 Å². The van der Waals surface area contributed by atoms with Crippen molar-refractivity contribution in [2.24, 2.45) is 11.3 Å². The molecule has 1 saturated carbocycles. The number of hydrogen-bond acceptors (Lipinski definition) is 3. The van der Waals surface area contributed by atoms with Crippen molar-refractivity contribution in [3.8, 4) is 0 Å². The molecule has 1 aliphatic carbocycles. The van der Waals surface area contributed by atoms with Crippen LogP contribution in [0, 0.1) is 11.3 Å². The molecular weight excluding hydrogens is 258 g/mol. The predicted molar refractivity (Wildman–Crippen MR) is 76.5 cm³/mol. The molecular formula is C15H27NO4. The Kier molecular flexibility index (Phi) is 5.05. The van der Waals surface area contributed by atoms with E-state index in [9.17, 15) is 14.7 Å². The number of carboxylic acid groups (broad SMARTS) is 1. The molecule has 116 valence electrons. The first kappa shape index (κ1) is 16.8. The number of hydrogen-bond donors (Lipinski definition) is 2. The molecule has 1 rings (SSSR count). The summed E-state index contributed by atoms with van der Waals surface area (Å²) in [6, 6.07) is 0.0886. The number of ether oxygens (including phenoxy) is 1. The Bertz CT molecular complexity index is 363. The van der Waals surface area contributed by atoms with Crippen LogP contribution in [-0.2, 0) is 9.53 Å². The molecule has 0 aromatic carbocycles. The van der Waals surface area contributed by atoms with Crippen LogP contribution in [0.5, 0.6) is 0 Å². The second-order valence-corrected chi connectivity index (χ2v) is 7.22. The van der Waals surface area contributed by atoms with Gasteiger partial charge in [0.1, 0.15) is 5.60 Å². The largest absolute Gasteiger partial charge is 0.481 e. The Morgan fingerprint density at radius 1 is 1.05 bits per heavy atom. The third-order valence-electron chi connectivity index (χ3n) is 4.02. The second kappa shape index (κ2) is 6.02. The number of carbonyl (C=O) groups is 2. The monoisotopic (exact) mass is 285 g/mol. The standard InChI is InChI=1S/C15H27NO4/c1-14(2,3)20-13(19)16-11-8-6-10(7-9-11)15(4,5)12(17)18/h10-11H,6-9H2,1-5H3,(H,16,19)(H,17,18). The number of carboxylic acids is 1. The van der Waals surface area contributed by atoms with Gasteiger partial charge in [0.05, 0.1) is 5.41 Å². The number of carbonyl (C=O) groups excluding carboxylic acids is 1. The Morgan fingerprint density at radius 3 is 1.95 bits per heavy atom. The summed E-state index contributed by atoms with van der Waals surface area (Å²) < 4.78 is 5.23. The van der Waals surface area contributed by atoms with Gasteiger partial charge in [0.15, 0.2) is 0 Å². The molecule has 5 nitrogen and oxygen atoms in total. The molecule has 1 amide bonds. The molecule has 0 heterocycles. The number of rotatable bonds is 3. The molecule has 0 aromatic rings. The molecule has 20 heavy (non-hydrogen) atoms. The summed E-state index contributed by atoms with van der Waals surface area (Å²) in [7, 11) is 0. The van der Waals surface area contributed by atoms with Crippen LogP contribution in [0.3, 0.4) is 0 Å². The second-order valence-electron chi connectivity index (χ2n) is 7.22. The summed E-state index contributed by atoms with van der Waals surface area (Å²) in [6.07, 6.45) is 2.86. The highest BCUT2D eigenvalue weighted by atomic mass is 16.6. The lowest BCUT2D eigenvalue weighted by atomic mass is 9.70. The molecule has 0 atom stereocenters. The maximum atomic E-state index is 11.7. The van der Waals surface area contributed by atoms with Crippen molar-refractivity contribution in [1.82, 2.24) is 5.32 Å². The summed E-state index contributed by atoms with van der Waals surface area (Å²) in [5.41, 5.74) is -1.19. The van der Waals surface area contributed by atoms with E-state index >= 15 is 0 Å². The van der Waals surface area contributed by atoms with Crippen LogP contribution in [0.15, 0.2) is 0 Å². The van der Waals surface area contributed by atoms with E-state index in [-0.39, 0.29) is 12.0 Å². The van der Waals surface area contributed by atoms with Crippen LogP contribution in [0.4, 0.5) is 4.79 Å². The predicted octanol–water partition coefficient (Wildman–Crippen LogP) is 3.18. The first-order valence-corrected chi connectivity index (χ1v) is 7.25. The lowest BCUT2D eigenvalue weighted by molar-refractivity contribution is -0.151. The van der Waals surface area contributed by atoms with Gasteiger partial charge in [0.2, 0.25) is 0 Å². The van der Waals surface area contributed by atoms with Crippen molar-refractivity contribution >= 4 is 12.1 Å². The summed E-state index contributed by atoms with van der Waals surface area (Å²) >= 11 is 0. The molecule has 0 aliphatic heterocycles. The zero-order valence-electron chi connectivity index (χ0n) is 13.2. The Balaban J connectivity index is 2.43. The molecule has 5 heteroatoms. The highest BCUT2D eigenvalue weighted by Crippen LogP contribution is 2.38. The van der Waals surface area contributed by atoms with Gasteiger partial charge in [-0.3, -0.25) is 4.79 Å². The lowest BCUT2D eigenvalue weighted by Gasteiger charge is -2.36. The van der Waals surface area contributed by atoms with Crippen LogP contribution in [0.25, 0.3) is 0 Å². The van der Waals surface area contributed by atoms with E-state index in [2.05, 4.69) is 5.32 Å². The van der Waals surface area contributed by atoms with Gasteiger partial charge in [-0.25, -0.2) is 4.79 Å². The third-order valence-corrected chi connectivity index (χ3v) is 4.02. The third kappa shape index (κ3) is 4.69. The van der Waals surface area contributed by atoms with Crippen molar-refractivity contribution in [3.05, 3.63) is 0 Å². The van der Waals surface area contributed by atoms with Crippen LogP contribution >= 0.6 is 0 Å². The summed E-state index contributed by atoms with van der Waals surface area (Å²) in [4.78, 5) is 22.9. The van der Waals surface area contributed by atoms with Crippen molar-refractivity contribution < 1.29 is 19.4 Å². The van der Waals surface area contributed by atoms with E-state index < -0.39 is 23.1 Å². The van der Waals surface area contributed by atoms with Gasteiger partial charge in [-0.2, -0.15) is 0 Å². The van der Waals surface area contributed by atoms with Gasteiger partial charge in [-0.15, -0.1) is 0 Å². The first-order valence-electron chi connectivity index (χ1n) is 7.25. The molecule has 0 saturated heterocycles. The fraction of sp³-hybridized carbons (Fsp3) is 0.867. The Morgan fingerprint density at radius 2 is 1.55 bits per heavy atom. The van der Waals surface area contributed by atoms with E-state index in [0.29, 0.717) is 0 Å². The molecule has 1 aliphatic rings. The van der Waals surface area contributed by atoms with Crippen LogP contribution in [0.2, 0.25) is 0 Å². The minimum absolute atomic E-state index is 0.0886. The number of amides is 1. The molecule has 0 spiro atoms. The summed E-state index contributed by atoms with van der Waals surface area (Å²) in [5, 5.41) is 12.1. The van der Waals surface area contributed by atoms with E-state index in [1.807, 2.05) is 20.8 Å². The average Bonchev–Trinajstić information content (AvgIpc) is 2.26. The van der Waals surface area contributed by atoms with Gasteiger partial charge < -0.3 is 15.2 Å². The number of aliphatic carboxylic acids is 1. The molecule has 0 unspecified atom stereocenters. The quantitative estimate of drug-likeness (QED) is 0.835. The summed E-state index contributed by atoms with van der Waals surface area (Å²) in [6.45, 7) is 9.06. The first-order chi connectivity index (χ1) is 9.02. The minimum atomic E-state index is -0.749. The fourth-order valence-corrected chi connectivity index (χ4v) is 2.61. The highest BCUT2D eigenvalue weighted by Gasteiger charge is 2.39. The van der Waals surface area contributed by atoms with Crippen LogP contribution in [0.1, 0.15) is 60.3 Å². The van der Waals surface area contributed by atoms with Gasteiger partial charge in [0.25, 0.3) is 0 Å². The van der Waals surface area contributed by atoms with Gasteiger partial charge in [0, 0.05) is 6.04 Å².